The zero-order valence-corrected chi connectivity index (χ0v) is 15.1. The lowest BCUT2D eigenvalue weighted by atomic mass is 10.1. The summed E-state index contributed by atoms with van der Waals surface area (Å²) in [6.07, 6.45) is 3.32. The first-order chi connectivity index (χ1) is 11.9. The predicted molar refractivity (Wildman–Crippen MR) is 99.0 cm³/mol. The third-order valence-electron chi connectivity index (χ3n) is 4.36. The molecule has 3 rings (SSSR count). The predicted octanol–water partition coefficient (Wildman–Crippen LogP) is 2.89. The zero-order chi connectivity index (χ0) is 17.9. The first-order valence-corrected chi connectivity index (χ1v) is 10.2. The van der Waals surface area contributed by atoms with E-state index in [1.54, 1.807) is 24.3 Å². The van der Waals surface area contributed by atoms with Crippen LogP contribution in [0.15, 0.2) is 54.6 Å². The van der Waals surface area contributed by atoms with Crippen LogP contribution >= 0.6 is 0 Å². The van der Waals surface area contributed by atoms with Gasteiger partial charge in [-0.3, -0.25) is 9.10 Å². The topological polar surface area (TPSA) is 57.7 Å². The maximum atomic E-state index is 12.4. The quantitative estimate of drug-likeness (QED) is 0.826. The summed E-state index contributed by atoms with van der Waals surface area (Å²) < 4.78 is 25.7. The summed E-state index contributed by atoms with van der Waals surface area (Å²) in [4.78, 5) is 14.2. The molecule has 0 aromatic heterocycles. The highest BCUT2D eigenvalue weighted by atomic mass is 32.2. The van der Waals surface area contributed by atoms with E-state index in [-0.39, 0.29) is 12.5 Å². The molecule has 2 aromatic rings. The Hall–Kier alpha value is -2.34. The molecular weight excluding hydrogens is 336 g/mol. The number of carbonyl (C=O) groups excluding carboxylic acids is 1. The molecule has 0 bridgehead atoms. The average Bonchev–Trinajstić information content (AvgIpc) is 3.14. The number of benzene rings is 2. The number of likely N-dealkylation sites (tertiary alicyclic amines) is 1. The van der Waals surface area contributed by atoms with E-state index in [1.165, 1.54) is 10.6 Å². The standard InChI is InChI=1S/C19H22N2O3S/c1-25(23,24)21(18-7-3-2-4-8-18)15-16-9-11-17(12-10-16)19(22)20-13-5-6-14-20/h2-4,7-12H,5-6,13-15H2,1H3. The van der Waals surface area contributed by atoms with Crippen molar-refractivity contribution >= 4 is 21.6 Å². The molecule has 5 nitrogen and oxygen atoms in total. The van der Waals surface area contributed by atoms with Gasteiger partial charge in [-0.2, -0.15) is 0 Å². The summed E-state index contributed by atoms with van der Waals surface area (Å²) in [7, 11) is -3.40. The van der Waals surface area contributed by atoms with E-state index in [9.17, 15) is 13.2 Å². The number of amides is 1. The Bertz CT molecular complexity index is 827. The highest BCUT2D eigenvalue weighted by Gasteiger charge is 2.20. The number of rotatable bonds is 5. The van der Waals surface area contributed by atoms with Gasteiger partial charge in [-0.25, -0.2) is 8.42 Å². The van der Waals surface area contributed by atoms with Crippen LogP contribution in [0, 0.1) is 0 Å². The SMILES string of the molecule is CS(=O)(=O)N(Cc1ccc(C(=O)N2CCCC2)cc1)c1ccccc1. The van der Waals surface area contributed by atoms with Gasteiger partial charge in [0.1, 0.15) is 0 Å². The molecule has 1 heterocycles. The lowest BCUT2D eigenvalue weighted by Crippen LogP contribution is -2.29. The third kappa shape index (κ3) is 4.20. The van der Waals surface area contributed by atoms with Crippen molar-refractivity contribution in [3.8, 4) is 0 Å². The van der Waals surface area contributed by atoms with Crippen LogP contribution in [0.5, 0.6) is 0 Å². The Morgan fingerprint density at radius 3 is 2.16 bits per heavy atom. The monoisotopic (exact) mass is 358 g/mol. The summed E-state index contributed by atoms with van der Waals surface area (Å²) in [6.45, 7) is 1.87. The third-order valence-corrected chi connectivity index (χ3v) is 5.51. The molecule has 132 valence electrons. The van der Waals surface area contributed by atoms with Gasteiger partial charge in [0.2, 0.25) is 10.0 Å². The van der Waals surface area contributed by atoms with E-state index in [2.05, 4.69) is 0 Å². The molecule has 0 radical (unpaired) electrons. The minimum Gasteiger partial charge on any atom is -0.339 e. The number of anilines is 1. The molecule has 1 amide bonds. The van der Waals surface area contributed by atoms with Crippen molar-refractivity contribution in [3.05, 3.63) is 65.7 Å². The Balaban J connectivity index is 1.78. The molecule has 25 heavy (non-hydrogen) atoms. The largest absolute Gasteiger partial charge is 0.339 e. The molecule has 0 saturated carbocycles. The van der Waals surface area contributed by atoms with Crippen LogP contribution in [0.4, 0.5) is 5.69 Å². The van der Waals surface area contributed by atoms with Gasteiger partial charge in [-0.15, -0.1) is 0 Å². The molecular formula is C19H22N2O3S. The van der Waals surface area contributed by atoms with Crippen LogP contribution in [-0.4, -0.2) is 38.6 Å². The average molecular weight is 358 g/mol. The summed E-state index contributed by atoms with van der Waals surface area (Å²) in [5.74, 6) is 0.0482. The van der Waals surface area contributed by atoms with Gasteiger partial charge in [-0.05, 0) is 42.7 Å². The minimum absolute atomic E-state index is 0.0482. The summed E-state index contributed by atoms with van der Waals surface area (Å²) >= 11 is 0. The number of para-hydroxylation sites is 1. The number of hydrogen-bond donors (Lipinski definition) is 0. The van der Waals surface area contributed by atoms with E-state index in [0.717, 1.165) is 31.5 Å². The maximum absolute atomic E-state index is 12.4. The molecule has 0 spiro atoms. The van der Waals surface area contributed by atoms with Crippen molar-refractivity contribution < 1.29 is 13.2 Å². The second-order valence-electron chi connectivity index (χ2n) is 6.30. The van der Waals surface area contributed by atoms with E-state index in [0.29, 0.717) is 11.3 Å². The molecule has 0 atom stereocenters. The number of hydrogen-bond acceptors (Lipinski definition) is 3. The van der Waals surface area contributed by atoms with E-state index in [4.69, 9.17) is 0 Å². The van der Waals surface area contributed by atoms with Crippen molar-refractivity contribution in [2.45, 2.75) is 19.4 Å². The molecule has 0 aliphatic carbocycles. The fraction of sp³-hybridized carbons (Fsp3) is 0.316. The van der Waals surface area contributed by atoms with Gasteiger partial charge in [-0.1, -0.05) is 30.3 Å². The fourth-order valence-corrected chi connectivity index (χ4v) is 3.90. The number of carbonyl (C=O) groups is 1. The molecule has 1 saturated heterocycles. The summed E-state index contributed by atoms with van der Waals surface area (Å²) in [5.41, 5.74) is 2.12. The van der Waals surface area contributed by atoms with Gasteiger partial charge >= 0.3 is 0 Å². The van der Waals surface area contributed by atoms with Crippen LogP contribution in [0.2, 0.25) is 0 Å². The van der Waals surface area contributed by atoms with Crippen LogP contribution in [-0.2, 0) is 16.6 Å². The van der Waals surface area contributed by atoms with Crippen molar-refractivity contribution in [2.75, 3.05) is 23.7 Å². The summed E-state index contributed by atoms with van der Waals surface area (Å²) in [5, 5.41) is 0. The lowest BCUT2D eigenvalue weighted by Gasteiger charge is -2.22. The molecule has 2 aromatic carbocycles. The lowest BCUT2D eigenvalue weighted by molar-refractivity contribution is 0.0793. The normalized spacial score (nSPS) is 14.5. The minimum atomic E-state index is -3.40. The second kappa shape index (κ2) is 7.27. The van der Waals surface area contributed by atoms with Gasteiger partial charge in [0.15, 0.2) is 0 Å². The maximum Gasteiger partial charge on any atom is 0.253 e. The zero-order valence-electron chi connectivity index (χ0n) is 14.3. The van der Waals surface area contributed by atoms with Gasteiger partial charge in [0.05, 0.1) is 18.5 Å². The number of nitrogens with zero attached hydrogens (tertiary/aromatic N) is 2. The van der Waals surface area contributed by atoms with Crippen LogP contribution in [0.3, 0.4) is 0 Å². The highest BCUT2D eigenvalue weighted by Crippen LogP contribution is 2.21. The molecule has 0 unspecified atom stereocenters. The molecule has 6 heteroatoms. The van der Waals surface area contributed by atoms with E-state index in [1.807, 2.05) is 35.2 Å². The molecule has 0 N–H and O–H groups in total. The Kier molecular flexibility index (Phi) is 5.08. The fourth-order valence-electron chi connectivity index (χ4n) is 3.02. The summed E-state index contributed by atoms with van der Waals surface area (Å²) in [6, 6.07) is 16.2. The van der Waals surface area contributed by atoms with Crippen LogP contribution < -0.4 is 4.31 Å². The van der Waals surface area contributed by atoms with Crippen molar-refractivity contribution in [3.63, 3.8) is 0 Å². The molecule has 1 fully saturated rings. The van der Waals surface area contributed by atoms with Crippen molar-refractivity contribution in [2.24, 2.45) is 0 Å². The van der Waals surface area contributed by atoms with Crippen molar-refractivity contribution in [1.82, 2.24) is 4.90 Å². The van der Waals surface area contributed by atoms with Gasteiger partial charge < -0.3 is 4.90 Å². The Labute approximate surface area is 148 Å². The van der Waals surface area contributed by atoms with Gasteiger partial charge in [0.25, 0.3) is 5.91 Å². The molecule has 1 aliphatic heterocycles. The van der Waals surface area contributed by atoms with Crippen LogP contribution in [0.1, 0.15) is 28.8 Å². The number of sulfonamides is 1. The van der Waals surface area contributed by atoms with Gasteiger partial charge in [0, 0.05) is 18.7 Å². The second-order valence-corrected chi connectivity index (χ2v) is 8.21. The first-order valence-electron chi connectivity index (χ1n) is 8.36. The van der Waals surface area contributed by atoms with E-state index >= 15 is 0 Å². The van der Waals surface area contributed by atoms with Crippen LogP contribution in [0.25, 0.3) is 0 Å². The highest BCUT2D eigenvalue weighted by molar-refractivity contribution is 7.92. The Morgan fingerprint density at radius 1 is 1.00 bits per heavy atom. The smallest absolute Gasteiger partial charge is 0.253 e. The van der Waals surface area contributed by atoms with Crippen molar-refractivity contribution in [1.29, 1.82) is 0 Å². The Morgan fingerprint density at radius 2 is 1.60 bits per heavy atom. The van der Waals surface area contributed by atoms with E-state index < -0.39 is 10.0 Å². The molecule has 1 aliphatic rings. The first kappa shape index (κ1) is 17.5.